The largest absolute Gasteiger partial charge is 0.361 e. The van der Waals surface area contributed by atoms with E-state index in [-0.39, 0.29) is 6.23 Å². The van der Waals surface area contributed by atoms with Gasteiger partial charge in [-0.05, 0) is 31.7 Å². The van der Waals surface area contributed by atoms with E-state index >= 15 is 0 Å². The maximum Gasteiger partial charge on any atom is 0.112 e. The van der Waals surface area contributed by atoms with E-state index in [2.05, 4.69) is 47.1 Å². The third-order valence-electron chi connectivity index (χ3n) is 3.92. The van der Waals surface area contributed by atoms with Gasteiger partial charge in [0.05, 0.1) is 18.7 Å². The van der Waals surface area contributed by atoms with Gasteiger partial charge in [-0.1, -0.05) is 36.3 Å². The molecule has 94 valence electrons. The number of hydrogen-bond donors (Lipinski definition) is 0. The molecule has 18 heavy (non-hydrogen) atoms. The Balaban J connectivity index is 1.89. The van der Waals surface area contributed by atoms with Crippen LogP contribution in [0.2, 0.25) is 0 Å². The van der Waals surface area contributed by atoms with Gasteiger partial charge in [-0.2, -0.15) is 0 Å². The fourth-order valence-corrected chi connectivity index (χ4v) is 3.12. The van der Waals surface area contributed by atoms with Crippen LogP contribution in [0.3, 0.4) is 0 Å². The third kappa shape index (κ3) is 2.05. The van der Waals surface area contributed by atoms with Crippen molar-refractivity contribution < 1.29 is 4.74 Å². The Morgan fingerprint density at radius 1 is 1.22 bits per heavy atom. The zero-order valence-corrected chi connectivity index (χ0v) is 10.8. The van der Waals surface area contributed by atoms with Crippen LogP contribution in [-0.4, -0.2) is 23.8 Å². The van der Waals surface area contributed by atoms with Crippen molar-refractivity contribution in [2.24, 2.45) is 0 Å². The smallest absolute Gasteiger partial charge is 0.112 e. The number of piperidine rings is 1. The number of nitrogens with zero attached hydrogens (tertiary/aromatic N) is 1. The predicted molar refractivity (Wildman–Crippen MR) is 71.9 cm³/mol. The first-order valence-corrected chi connectivity index (χ1v) is 6.76. The van der Waals surface area contributed by atoms with E-state index in [1.165, 1.54) is 18.4 Å². The molecule has 0 spiro atoms. The molecule has 2 heteroatoms. The molecule has 0 saturated carbocycles. The van der Waals surface area contributed by atoms with Gasteiger partial charge in [0.2, 0.25) is 0 Å². The monoisotopic (exact) mass is 241 g/mol. The lowest BCUT2D eigenvalue weighted by Gasteiger charge is -2.37. The maximum atomic E-state index is 5.96. The van der Waals surface area contributed by atoms with E-state index in [0.29, 0.717) is 12.1 Å². The van der Waals surface area contributed by atoms with E-state index in [9.17, 15) is 0 Å². The van der Waals surface area contributed by atoms with Gasteiger partial charge in [-0.15, -0.1) is 5.92 Å². The van der Waals surface area contributed by atoms with Gasteiger partial charge in [-0.3, -0.25) is 4.90 Å². The van der Waals surface area contributed by atoms with Crippen LogP contribution in [0.15, 0.2) is 30.3 Å². The summed E-state index contributed by atoms with van der Waals surface area (Å²) in [7, 11) is 0. The van der Waals surface area contributed by atoms with Crippen molar-refractivity contribution in [3.63, 3.8) is 0 Å². The Morgan fingerprint density at radius 2 is 2.06 bits per heavy atom. The molecular formula is C16H19NO. The topological polar surface area (TPSA) is 12.5 Å². The second-order valence-corrected chi connectivity index (χ2v) is 5.00. The molecule has 2 aliphatic heterocycles. The molecule has 2 fully saturated rings. The van der Waals surface area contributed by atoms with Crippen LogP contribution in [0.5, 0.6) is 0 Å². The fraction of sp³-hybridized carbons (Fsp3) is 0.500. The molecule has 0 radical (unpaired) electrons. The van der Waals surface area contributed by atoms with E-state index in [0.717, 1.165) is 13.0 Å². The molecule has 2 aliphatic rings. The van der Waals surface area contributed by atoms with Gasteiger partial charge in [0, 0.05) is 0 Å². The van der Waals surface area contributed by atoms with E-state index < -0.39 is 0 Å². The van der Waals surface area contributed by atoms with Crippen LogP contribution in [0, 0.1) is 11.8 Å². The number of benzene rings is 1. The van der Waals surface area contributed by atoms with Crippen LogP contribution in [0.25, 0.3) is 0 Å². The molecule has 3 atom stereocenters. The van der Waals surface area contributed by atoms with Crippen molar-refractivity contribution in [1.82, 2.24) is 4.90 Å². The minimum Gasteiger partial charge on any atom is -0.361 e. The summed E-state index contributed by atoms with van der Waals surface area (Å²) in [6.45, 7) is 2.73. The lowest BCUT2D eigenvalue weighted by atomic mass is 9.97. The zero-order chi connectivity index (χ0) is 12.4. The molecule has 0 N–H and O–H groups in total. The average Bonchev–Trinajstić information content (AvgIpc) is 2.85. The Hall–Kier alpha value is -1.30. The lowest BCUT2D eigenvalue weighted by Crippen LogP contribution is -2.43. The van der Waals surface area contributed by atoms with Crippen LogP contribution >= 0.6 is 0 Å². The highest BCUT2D eigenvalue weighted by Gasteiger charge is 2.41. The summed E-state index contributed by atoms with van der Waals surface area (Å²) in [5, 5.41) is 0. The molecule has 0 aliphatic carbocycles. The summed E-state index contributed by atoms with van der Waals surface area (Å²) >= 11 is 0. The van der Waals surface area contributed by atoms with Crippen molar-refractivity contribution in [3.8, 4) is 11.8 Å². The number of fused-ring (bicyclic) bond motifs is 1. The molecule has 1 aromatic carbocycles. The summed E-state index contributed by atoms with van der Waals surface area (Å²) < 4.78 is 5.96. The lowest BCUT2D eigenvalue weighted by molar-refractivity contribution is -0.0117. The molecule has 0 amide bonds. The van der Waals surface area contributed by atoms with E-state index in [1.807, 2.05) is 6.92 Å². The molecule has 3 rings (SSSR count). The summed E-state index contributed by atoms with van der Waals surface area (Å²) in [6.07, 6.45) is 3.81. The molecule has 2 saturated heterocycles. The third-order valence-corrected chi connectivity index (χ3v) is 3.92. The van der Waals surface area contributed by atoms with Crippen molar-refractivity contribution in [3.05, 3.63) is 35.9 Å². The summed E-state index contributed by atoms with van der Waals surface area (Å²) in [4.78, 5) is 2.48. The van der Waals surface area contributed by atoms with Crippen LogP contribution in [0.1, 0.15) is 37.8 Å². The van der Waals surface area contributed by atoms with Gasteiger partial charge in [0.15, 0.2) is 0 Å². The number of ether oxygens (including phenoxy) is 1. The number of rotatable bonds is 1. The van der Waals surface area contributed by atoms with Gasteiger partial charge >= 0.3 is 0 Å². The van der Waals surface area contributed by atoms with Crippen molar-refractivity contribution >= 4 is 0 Å². The predicted octanol–water partition coefficient (Wildman–Crippen LogP) is 2.96. The molecule has 1 aromatic rings. The van der Waals surface area contributed by atoms with Crippen molar-refractivity contribution in [2.45, 2.75) is 44.5 Å². The minimum absolute atomic E-state index is 0.273. The fourth-order valence-electron chi connectivity index (χ4n) is 3.12. The van der Waals surface area contributed by atoms with Gasteiger partial charge in [-0.25, -0.2) is 0 Å². The standard InChI is InChI=1S/C16H19NO/c1-2-7-14-10-6-11-16-17(14)15(12-18-16)13-8-4-3-5-9-13/h3-5,8-9,14-16H,6,10-12H2,1H3/t14-,15+,16?/m1/s1. The van der Waals surface area contributed by atoms with Crippen LogP contribution in [-0.2, 0) is 4.74 Å². The molecular weight excluding hydrogens is 222 g/mol. The summed E-state index contributed by atoms with van der Waals surface area (Å²) in [5.41, 5.74) is 1.35. The Kier molecular flexibility index (Phi) is 3.36. The van der Waals surface area contributed by atoms with Gasteiger partial charge < -0.3 is 4.74 Å². The quantitative estimate of drug-likeness (QED) is 0.701. The van der Waals surface area contributed by atoms with Gasteiger partial charge in [0.25, 0.3) is 0 Å². The summed E-state index contributed by atoms with van der Waals surface area (Å²) in [5.74, 6) is 6.43. The van der Waals surface area contributed by atoms with E-state index in [1.54, 1.807) is 0 Å². The maximum absolute atomic E-state index is 5.96. The first kappa shape index (κ1) is 11.8. The second kappa shape index (κ2) is 5.14. The molecule has 2 heterocycles. The van der Waals surface area contributed by atoms with Crippen molar-refractivity contribution in [2.75, 3.05) is 6.61 Å². The molecule has 0 aromatic heterocycles. The van der Waals surface area contributed by atoms with Crippen LogP contribution in [0.4, 0.5) is 0 Å². The minimum atomic E-state index is 0.273. The molecule has 1 unspecified atom stereocenters. The Morgan fingerprint density at radius 3 is 2.83 bits per heavy atom. The molecule has 2 nitrogen and oxygen atoms in total. The highest BCUT2D eigenvalue weighted by molar-refractivity contribution is 5.22. The van der Waals surface area contributed by atoms with E-state index in [4.69, 9.17) is 4.74 Å². The number of hydrogen-bond acceptors (Lipinski definition) is 2. The average molecular weight is 241 g/mol. The second-order valence-electron chi connectivity index (χ2n) is 5.00. The normalized spacial score (nSPS) is 31.5. The van der Waals surface area contributed by atoms with Crippen LogP contribution < -0.4 is 0 Å². The first-order valence-electron chi connectivity index (χ1n) is 6.76. The Bertz CT molecular complexity index is 459. The highest BCUT2D eigenvalue weighted by Crippen LogP contribution is 2.38. The van der Waals surface area contributed by atoms with Gasteiger partial charge in [0.1, 0.15) is 6.23 Å². The Labute approximate surface area is 109 Å². The molecule has 0 bridgehead atoms. The SMILES string of the molecule is CC#C[C@@H]1CCCC2OC[C@@H](c3ccccc3)N21. The van der Waals surface area contributed by atoms with Crippen molar-refractivity contribution in [1.29, 1.82) is 0 Å². The highest BCUT2D eigenvalue weighted by atomic mass is 16.5. The summed E-state index contributed by atoms with van der Waals surface area (Å²) in [6, 6.07) is 11.4. The zero-order valence-electron chi connectivity index (χ0n) is 10.8. The first-order chi connectivity index (χ1) is 8.90.